The zero-order chi connectivity index (χ0) is 12.8. The molecule has 0 aliphatic carbocycles. The monoisotopic (exact) mass is 246 g/mol. The molecule has 0 aliphatic heterocycles. The van der Waals surface area contributed by atoms with Crippen LogP contribution in [0.25, 0.3) is 0 Å². The van der Waals surface area contributed by atoms with Crippen molar-refractivity contribution < 1.29 is 5.11 Å². The summed E-state index contributed by atoms with van der Waals surface area (Å²) in [6.45, 7) is 2.85. The van der Waals surface area contributed by atoms with Crippen LogP contribution < -0.4 is 5.32 Å². The van der Waals surface area contributed by atoms with Crippen molar-refractivity contribution in [3.8, 4) is 5.75 Å². The van der Waals surface area contributed by atoms with E-state index < -0.39 is 0 Å². The second-order valence-corrected chi connectivity index (χ2v) is 4.42. The minimum absolute atomic E-state index is 0.315. The normalized spacial score (nSPS) is 12.5. The van der Waals surface area contributed by atoms with Crippen LogP contribution in [0.2, 0.25) is 0 Å². The molecule has 5 nitrogen and oxygen atoms in total. The van der Waals surface area contributed by atoms with E-state index in [0.717, 1.165) is 18.7 Å². The van der Waals surface area contributed by atoms with Crippen molar-refractivity contribution in [2.24, 2.45) is 0 Å². The lowest BCUT2D eigenvalue weighted by Gasteiger charge is -2.12. The average Bonchev–Trinajstić information content (AvgIpc) is 2.89. The predicted molar refractivity (Wildman–Crippen MR) is 69.1 cm³/mol. The third-order valence-corrected chi connectivity index (χ3v) is 2.89. The topological polar surface area (TPSA) is 73.8 Å². The molecule has 0 saturated heterocycles. The Kier molecular flexibility index (Phi) is 4.30. The van der Waals surface area contributed by atoms with Crippen LogP contribution in [-0.4, -0.2) is 26.3 Å². The fourth-order valence-corrected chi connectivity index (χ4v) is 1.73. The van der Waals surface area contributed by atoms with Gasteiger partial charge in [-0.2, -0.15) is 5.10 Å². The molecule has 0 bridgehead atoms. The fraction of sp³-hybridized carbons (Fsp3) is 0.385. The van der Waals surface area contributed by atoms with E-state index in [0.29, 0.717) is 18.3 Å². The first-order valence-corrected chi connectivity index (χ1v) is 6.09. The van der Waals surface area contributed by atoms with Gasteiger partial charge in [0.05, 0.1) is 6.54 Å². The predicted octanol–water partition coefficient (Wildman–Crippen LogP) is 1.62. The van der Waals surface area contributed by atoms with Crippen LogP contribution in [0.15, 0.2) is 30.6 Å². The minimum Gasteiger partial charge on any atom is -0.508 e. The Morgan fingerprint density at radius 2 is 2.11 bits per heavy atom. The number of nitrogens with one attached hydrogen (secondary N) is 2. The van der Waals surface area contributed by atoms with Crippen LogP contribution in [0.4, 0.5) is 0 Å². The van der Waals surface area contributed by atoms with Gasteiger partial charge in [-0.15, -0.1) is 0 Å². The second kappa shape index (κ2) is 6.16. The molecule has 1 aromatic carbocycles. The maximum Gasteiger partial charge on any atom is 0.138 e. The van der Waals surface area contributed by atoms with Crippen molar-refractivity contribution in [1.29, 1.82) is 0 Å². The molecule has 2 aromatic rings. The smallest absolute Gasteiger partial charge is 0.138 e. The molecule has 1 aromatic heterocycles. The molecule has 2 rings (SSSR count). The van der Waals surface area contributed by atoms with Crippen molar-refractivity contribution in [1.82, 2.24) is 20.5 Å². The molecule has 5 heteroatoms. The number of hydrogen-bond donors (Lipinski definition) is 3. The summed E-state index contributed by atoms with van der Waals surface area (Å²) in [6, 6.07) is 7.77. The number of benzene rings is 1. The zero-order valence-electron chi connectivity index (χ0n) is 10.4. The Hall–Kier alpha value is -1.88. The van der Waals surface area contributed by atoms with Crippen LogP contribution in [0, 0.1) is 0 Å². The SMILES string of the molecule is CC(CCc1ccc(O)cc1)NCc1ncn[nH]1. The summed E-state index contributed by atoms with van der Waals surface area (Å²) in [6.07, 6.45) is 3.54. The fourth-order valence-electron chi connectivity index (χ4n) is 1.73. The van der Waals surface area contributed by atoms with E-state index in [1.807, 2.05) is 12.1 Å². The molecule has 1 heterocycles. The van der Waals surface area contributed by atoms with Gasteiger partial charge in [0.25, 0.3) is 0 Å². The molecule has 18 heavy (non-hydrogen) atoms. The number of nitrogens with zero attached hydrogens (tertiary/aromatic N) is 2. The van der Waals surface area contributed by atoms with E-state index in [2.05, 4.69) is 27.4 Å². The Morgan fingerprint density at radius 1 is 1.33 bits per heavy atom. The van der Waals surface area contributed by atoms with E-state index in [4.69, 9.17) is 0 Å². The largest absolute Gasteiger partial charge is 0.508 e. The number of aromatic amines is 1. The van der Waals surface area contributed by atoms with Gasteiger partial charge in [-0.25, -0.2) is 4.98 Å². The number of rotatable bonds is 6. The maximum atomic E-state index is 9.20. The molecule has 0 aliphatic rings. The number of aryl methyl sites for hydroxylation is 1. The van der Waals surface area contributed by atoms with E-state index in [1.54, 1.807) is 12.1 Å². The first kappa shape index (κ1) is 12.6. The molecule has 0 spiro atoms. The first-order valence-electron chi connectivity index (χ1n) is 6.09. The van der Waals surface area contributed by atoms with E-state index in [1.165, 1.54) is 11.9 Å². The summed E-state index contributed by atoms with van der Waals surface area (Å²) in [5.41, 5.74) is 1.24. The number of H-pyrrole nitrogens is 1. The highest BCUT2D eigenvalue weighted by atomic mass is 16.3. The Labute approximate surface area is 106 Å². The minimum atomic E-state index is 0.315. The lowest BCUT2D eigenvalue weighted by atomic mass is 10.1. The van der Waals surface area contributed by atoms with Crippen molar-refractivity contribution in [2.45, 2.75) is 32.4 Å². The van der Waals surface area contributed by atoms with Crippen LogP contribution in [0.3, 0.4) is 0 Å². The number of phenolic OH excluding ortho intramolecular Hbond substituents is 1. The molecule has 0 saturated carbocycles. The highest BCUT2D eigenvalue weighted by molar-refractivity contribution is 5.25. The molecule has 96 valence electrons. The third-order valence-electron chi connectivity index (χ3n) is 2.89. The van der Waals surface area contributed by atoms with Gasteiger partial charge in [0.1, 0.15) is 17.9 Å². The number of aromatic nitrogens is 3. The highest BCUT2D eigenvalue weighted by Gasteiger charge is 2.03. The molecule has 0 amide bonds. The summed E-state index contributed by atoms with van der Waals surface area (Å²) in [4.78, 5) is 4.06. The van der Waals surface area contributed by atoms with Gasteiger partial charge in [-0.3, -0.25) is 5.10 Å². The lowest BCUT2D eigenvalue weighted by Crippen LogP contribution is -2.26. The molecular weight excluding hydrogens is 228 g/mol. The second-order valence-electron chi connectivity index (χ2n) is 4.42. The van der Waals surface area contributed by atoms with Crippen molar-refractivity contribution in [3.63, 3.8) is 0 Å². The molecule has 0 radical (unpaired) electrons. The molecule has 3 N–H and O–H groups in total. The van der Waals surface area contributed by atoms with Crippen LogP contribution in [-0.2, 0) is 13.0 Å². The van der Waals surface area contributed by atoms with Gasteiger partial charge in [0.15, 0.2) is 0 Å². The number of aromatic hydroxyl groups is 1. The van der Waals surface area contributed by atoms with Crippen LogP contribution in [0.5, 0.6) is 5.75 Å². The average molecular weight is 246 g/mol. The summed E-state index contributed by atoms with van der Waals surface area (Å²) in [7, 11) is 0. The summed E-state index contributed by atoms with van der Waals surface area (Å²) >= 11 is 0. The van der Waals surface area contributed by atoms with Crippen LogP contribution in [0.1, 0.15) is 24.7 Å². The molecular formula is C13H18N4O. The number of hydrogen-bond acceptors (Lipinski definition) is 4. The maximum absolute atomic E-state index is 9.20. The summed E-state index contributed by atoms with van der Waals surface area (Å²) < 4.78 is 0. The van der Waals surface area contributed by atoms with Crippen molar-refractivity contribution in [3.05, 3.63) is 42.0 Å². The molecule has 1 atom stereocenters. The van der Waals surface area contributed by atoms with Crippen molar-refractivity contribution in [2.75, 3.05) is 0 Å². The molecule has 0 fully saturated rings. The van der Waals surface area contributed by atoms with Gasteiger partial charge < -0.3 is 10.4 Å². The Bertz CT molecular complexity index is 452. The zero-order valence-corrected chi connectivity index (χ0v) is 10.4. The molecule has 1 unspecified atom stereocenters. The summed E-state index contributed by atoms with van der Waals surface area (Å²) in [5, 5.41) is 19.2. The third kappa shape index (κ3) is 3.85. The van der Waals surface area contributed by atoms with Crippen LogP contribution >= 0.6 is 0 Å². The summed E-state index contributed by atoms with van der Waals surface area (Å²) in [5.74, 6) is 1.17. The first-order chi connectivity index (χ1) is 8.74. The standard InChI is InChI=1S/C13H18N4O/c1-10(14-8-13-15-9-16-17-13)2-3-11-4-6-12(18)7-5-11/h4-7,9-10,14,18H,2-3,8H2,1H3,(H,15,16,17). The van der Waals surface area contributed by atoms with Crippen molar-refractivity contribution >= 4 is 0 Å². The quantitative estimate of drug-likeness (QED) is 0.724. The van der Waals surface area contributed by atoms with Gasteiger partial charge in [0, 0.05) is 6.04 Å². The van der Waals surface area contributed by atoms with E-state index >= 15 is 0 Å². The number of phenols is 1. The Morgan fingerprint density at radius 3 is 2.78 bits per heavy atom. The highest BCUT2D eigenvalue weighted by Crippen LogP contribution is 2.11. The van der Waals surface area contributed by atoms with Gasteiger partial charge in [0.2, 0.25) is 0 Å². The van der Waals surface area contributed by atoms with Gasteiger partial charge in [-0.1, -0.05) is 12.1 Å². The van der Waals surface area contributed by atoms with Gasteiger partial charge >= 0.3 is 0 Å². The van der Waals surface area contributed by atoms with Gasteiger partial charge in [-0.05, 0) is 37.5 Å². The Balaban J connectivity index is 1.71. The lowest BCUT2D eigenvalue weighted by molar-refractivity contribution is 0.474. The van der Waals surface area contributed by atoms with E-state index in [-0.39, 0.29) is 0 Å². The van der Waals surface area contributed by atoms with E-state index in [9.17, 15) is 5.11 Å².